The molecule has 0 heterocycles. The van der Waals surface area contributed by atoms with Crippen molar-refractivity contribution >= 4 is 0 Å². The maximum absolute atomic E-state index is 3.61. The summed E-state index contributed by atoms with van der Waals surface area (Å²) in [6.07, 6.45) is 5.39. The maximum Gasteiger partial charge on any atom is 0.00983 e. The van der Waals surface area contributed by atoms with Gasteiger partial charge in [0.25, 0.3) is 0 Å². The molecule has 15 heavy (non-hydrogen) atoms. The lowest BCUT2D eigenvalue weighted by Gasteiger charge is -2.16. The zero-order chi connectivity index (χ0) is 10.5. The van der Waals surface area contributed by atoms with E-state index in [0.717, 1.165) is 18.5 Å². The first-order chi connectivity index (χ1) is 7.40. The van der Waals surface area contributed by atoms with Gasteiger partial charge in [-0.15, -0.1) is 0 Å². The molecule has 82 valence electrons. The number of rotatable bonds is 6. The average molecular weight is 203 g/mol. The summed E-state index contributed by atoms with van der Waals surface area (Å²) in [6, 6.07) is 11.6. The summed E-state index contributed by atoms with van der Waals surface area (Å²) in [5.41, 5.74) is 1.47. The molecule has 1 aliphatic rings. The van der Waals surface area contributed by atoms with E-state index in [-0.39, 0.29) is 0 Å². The first kappa shape index (κ1) is 10.7. The molecule has 0 spiro atoms. The predicted octanol–water partition coefficient (Wildman–Crippen LogP) is 3.01. The molecule has 1 N–H and O–H groups in total. The van der Waals surface area contributed by atoms with Gasteiger partial charge in [-0.2, -0.15) is 0 Å². The zero-order valence-corrected chi connectivity index (χ0v) is 9.58. The monoisotopic (exact) mass is 203 g/mol. The largest absolute Gasteiger partial charge is 0.314 e. The van der Waals surface area contributed by atoms with E-state index in [0.29, 0.717) is 0 Å². The second kappa shape index (κ2) is 5.32. The van der Waals surface area contributed by atoms with Gasteiger partial charge >= 0.3 is 0 Å². The minimum absolute atomic E-state index is 0.759. The van der Waals surface area contributed by atoms with E-state index >= 15 is 0 Å². The van der Waals surface area contributed by atoms with E-state index in [1.807, 2.05) is 0 Å². The molecular weight excluding hydrogens is 182 g/mol. The molecular formula is C14H21N. The Kier molecular flexibility index (Phi) is 3.79. The van der Waals surface area contributed by atoms with Crippen LogP contribution >= 0.6 is 0 Å². The Balaban J connectivity index is 1.80. The fourth-order valence-corrected chi connectivity index (χ4v) is 2.23. The van der Waals surface area contributed by atoms with Crippen molar-refractivity contribution in [3.8, 4) is 0 Å². The van der Waals surface area contributed by atoms with E-state index < -0.39 is 0 Å². The lowest BCUT2D eigenvalue weighted by Crippen LogP contribution is -2.31. The Hall–Kier alpha value is -0.820. The quantitative estimate of drug-likeness (QED) is 0.749. The van der Waals surface area contributed by atoms with Crippen molar-refractivity contribution in [2.45, 2.75) is 38.6 Å². The Morgan fingerprint density at radius 1 is 1.27 bits per heavy atom. The van der Waals surface area contributed by atoms with Crippen LogP contribution in [-0.4, -0.2) is 12.6 Å². The van der Waals surface area contributed by atoms with Gasteiger partial charge < -0.3 is 5.32 Å². The molecule has 1 saturated carbocycles. The minimum atomic E-state index is 0.759. The lowest BCUT2D eigenvalue weighted by atomic mass is 10.0. The number of aryl methyl sites for hydroxylation is 1. The fourth-order valence-electron chi connectivity index (χ4n) is 2.23. The van der Waals surface area contributed by atoms with Gasteiger partial charge in [-0.05, 0) is 43.7 Å². The zero-order valence-electron chi connectivity index (χ0n) is 9.58. The Labute approximate surface area is 92.9 Å². The second-order valence-electron chi connectivity index (χ2n) is 4.53. The highest BCUT2D eigenvalue weighted by Crippen LogP contribution is 2.34. The standard InChI is InChI=1S/C14H21N/c1-2-15-14(13-9-10-13)11-8-12-6-4-3-5-7-12/h3-7,13-15H,2,8-11H2,1H3. The fraction of sp³-hybridized carbons (Fsp3) is 0.571. The third-order valence-electron chi connectivity index (χ3n) is 3.24. The van der Waals surface area contributed by atoms with Crippen molar-refractivity contribution in [2.75, 3.05) is 6.54 Å². The average Bonchev–Trinajstić information content (AvgIpc) is 3.09. The van der Waals surface area contributed by atoms with Crippen LogP contribution in [0.4, 0.5) is 0 Å². The van der Waals surface area contributed by atoms with Crippen molar-refractivity contribution in [2.24, 2.45) is 5.92 Å². The molecule has 0 saturated heterocycles. The van der Waals surface area contributed by atoms with Crippen LogP contribution in [0.3, 0.4) is 0 Å². The number of hydrogen-bond donors (Lipinski definition) is 1. The topological polar surface area (TPSA) is 12.0 Å². The number of hydrogen-bond acceptors (Lipinski definition) is 1. The highest BCUT2D eigenvalue weighted by Gasteiger charge is 2.29. The molecule has 1 aromatic rings. The molecule has 0 amide bonds. The van der Waals surface area contributed by atoms with E-state index in [9.17, 15) is 0 Å². The normalized spacial score (nSPS) is 17.7. The summed E-state index contributed by atoms with van der Waals surface area (Å²) in [7, 11) is 0. The predicted molar refractivity (Wildman–Crippen MR) is 65.0 cm³/mol. The molecule has 1 fully saturated rings. The molecule has 0 aromatic heterocycles. The summed E-state index contributed by atoms with van der Waals surface area (Å²) in [4.78, 5) is 0. The maximum atomic E-state index is 3.61. The van der Waals surface area contributed by atoms with Gasteiger partial charge in [-0.25, -0.2) is 0 Å². The van der Waals surface area contributed by atoms with Crippen molar-refractivity contribution in [3.05, 3.63) is 35.9 Å². The summed E-state index contributed by atoms with van der Waals surface area (Å²) in [6.45, 7) is 3.31. The van der Waals surface area contributed by atoms with E-state index in [4.69, 9.17) is 0 Å². The van der Waals surface area contributed by atoms with Gasteiger partial charge in [0.2, 0.25) is 0 Å². The first-order valence-corrected chi connectivity index (χ1v) is 6.17. The Morgan fingerprint density at radius 2 is 2.00 bits per heavy atom. The third kappa shape index (κ3) is 3.35. The Bertz CT molecular complexity index is 277. The number of benzene rings is 1. The molecule has 1 aliphatic carbocycles. The number of nitrogens with one attached hydrogen (secondary N) is 1. The van der Waals surface area contributed by atoms with Crippen molar-refractivity contribution in [1.82, 2.24) is 5.32 Å². The van der Waals surface area contributed by atoms with Gasteiger partial charge in [0.05, 0.1) is 0 Å². The molecule has 1 unspecified atom stereocenters. The second-order valence-corrected chi connectivity index (χ2v) is 4.53. The van der Waals surface area contributed by atoms with Crippen LogP contribution in [0.1, 0.15) is 31.7 Å². The third-order valence-corrected chi connectivity index (χ3v) is 3.24. The smallest absolute Gasteiger partial charge is 0.00983 e. The molecule has 1 nitrogen and oxygen atoms in total. The van der Waals surface area contributed by atoms with Crippen molar-refractivity contribution < 1.29 is 0 Å². The molecule has 1 heteroatoms. The van der Waals surface area contributed by atoms with Crippen LogP contribution in [0.15, 0.2) is 30.3 Å². The van der Waals surface area contributed by atoms with Gasteiger partial charge in [0.1, 0.15) is 0 Å². The molecule has 2 rings (SSSR count). The van der Waals surface area contributed by atoms with Gasteiger partial charge in [-0.1, -0.05) is 37.3 Å². The lowest BCUT2D eigenvalue weighted by molar-refractivity contribution is 0.446. The minimum Gasteiger partial charge on any atom is -0.314 e. The van der Waals surface area contributed by atoms with Crippen LogP contribution in [0.5, 0.6) is 0 Å². The first-order valence-electron chi connectivity index (χ1n) is 6.17. The molecule has 0 bridgehead atoms. The molecule has 0 radical (unpaired) electrons. The summed E-state index contributed by atoms with van der Waals surface area (Å²) < 4.78 is 0. The summed E-state index contributed by atoms with van der Waals surface area (Å²) in [5, 5.41) is 3.61. The SMILES string of the molecule is CCNC(CCc1ccccc1)C1CC1. The van der Waals surface area contributed by atoms with Crippen LogP contribution in [0.2, 0.25) is 0 Å². The Morgan fingerprint density at radius 3 is 2.60 bits per heavy atom. The van der Waals surface area contributed by atoms with Gasteiger partial charge in [-0.3, -0.25) is 0 Å². The van der Waals surface area contributed by atoms with Crippen molar-refractivity contribution in [1.29, 1.82) is 0 Å². The van der Waals surface area contributed by atoms with E-state index in [2.05, 4.69) is 42.6 Å². The van der Waals surface area contributed by atoms with E-state index in [1.54, 1.807) is 0 Å². The highest BCUT2D eigenvalue weighted by atomic mass is 14.9. The van der Waals surface area contributed by atoms with E-state index in [1.165, 1.54) is 31.2 Å². The summed E-state index contributed by atoms with van der Waals surface area (Å²) >= 11 is 0. The van der Waals surface area contributed by atoms with Crippen molar-refractivity contribution in [3.63, 3.8) is 0 Å². The molecule has 1 atom stereocenters. The summed E-state index contributed by atoms with van der Waals surface area (Å²) in [5.74, 6) is 0.966. The highest BCUT2D eigenvalue weighted by molar-refractivity contribution is 5.15. The van der Waals surface area contributed by atoms with Crippen LogP contribution < -0.4 is 5.32 Å². The van der Waals surface area contributed by atoms with Crippen LogP contribution in [-0.2, 0) is 6.42 Å². The van der Waals surface area contributed by atoms with Gasteiger partial charge in [0, 0.05) is 6.04 Å². The molecule has 0 aliphatic heterocycles. The van der Waals surface area contributed by atoms with Gasteiger partial charge in [0.15, 0.2) is 0 Å². The van der Waals surface area contributed by atoms with Crippen LogP contribution in [0, 0.1) is 5.92 Å². The van der Waals surface area contributed by atoms with Crippen LogP contribution in [0.25, 0.3) is 0 Å². The molecule has 1 aromatic carbocycles.